The predicted octanol–water partition coefficient (Wildman–Crippen LogP) is 3.92. The normalized spacial score (nSPS) is 16.1. The molecule has 1 atom stereocenters. The van der Waals surface area contributed by atoms with Gasteiger partial charge in [-0.1, -0.05) is 17.7 Å². The van der Waals surface area contributed by atoms with Gasteiger partial charge in [-0.15, -0.1) is 0 Å². The Morgan fingerprint density at radius 1 is 1.23 bits per heavy atom. The second kappa shape index (κ2) is 10.7. The molecule has 1 amide bonds. The van der Waals surface area contributed by atoms with Gasteiger partial charge in [-0.05, 0) is 61.7 Å². The Morgan fingerprint density at radius 3 is 2.60 bits per heavy atom. The topological polar surface area (TPSA) is 73.8 Å². The molecular formula is C23H30ClN3O3. The molecule has 30 heavy (non-hydrogen) atoms. The standard InChI is InChI=1S/C23H30ClN3O3/c1-16-3-8-22(25-17(2)28)23(13-16)30-15-21(29)14-27-11-9-20(10-12-27)26-19-6-4-18(24)5-7-19/h3-8,13,20-21,26,29H,9-12,14-15H2,1-2H3,(H,25,28). The van der Waals surface area contributed by atoms with Crippen LogP contribution in [0.25, 0.3) is 0 Å². The summed E-state index contributed by atoms with van der Waals surface area (Å²) in [6, 6.07) is 13.8. The van der Waals surface area contributed by atoms with Crippen molar-refractivity contribution in [3.05, 3.63) is 53.1 Å². The lowest BCUT2D eigenvalue weighted by Gasteiger charge is -2.34. The molecule has 3 N–H and O–H groups in total. The number of hydrogen-bond donors (Lipinski definition) is 3. The van der Waals surface area contributed by atoms with Crippen molar-refractivity contribution in [3.63, 3.8) is 0 Å². The van der Waals surface area contributed by atoms with Crippen molar-refractivity contribution in [1.29, 1.82) is 0 Å². The van der Waals surface area contributed by atoms with Gasteiger partial charge in [0, 0.05) is 43.3 Å². The van der Waals surface area contributed by atoms with Gasteiger partial charge in [0.1, 0.15) is 18.5 Å². The molecule has 0 aliphatic carbocycles. The number of anilines is 2. The van der Waals surface area contributed by atoms with Gasteiger partial charge in [0.05, 0.1) is 5.69 Å². The Labute approximate surface area is 183 Å². The van der Waals surface area contributed by atoms with E-state index in [2.05, 4.69) is 15.5 Å². The minimum Gasteiger partial charge on any atom is -0.489 e. The van der Waals surface area contributed by atoms with Crippen LogP contribution in [-0.2, 0) is 4.79 Å². The summed E-state index contributed by atoms with van der Waals surface area (Å²) in [6.45, 7) is 6.01. The Hall–Kier alpha value is -2.28. The van der Waals surface area contributed by atoms with Gasteiger partial charge in [0.2, 0.25) is 5.91 Å². The van der Waals surface area contributed by atoms with Crippen LogP contribution in [-0.4, -0.2) is 54.3 Å². The van der Waals surface area contributed by atoms with Gasteiger partial charge in [-0.25, -0.2) is 0 Å². The molecule has 0 aromatic heterocycles. The average molecular weight is 432 g/mol. The summed E-state index contributed by atoms with van der Waals surface area (Å²) < 4.78 is 5.82. The number of β-amino-alcohol motifs (C(OH)–C–C–N with tert-alkyl or cyclic N) is 1. The summed E-state index contributed by atoms with van der Waals surface area (Å²) in [5.41, 5.74) is 2.73. The minimum atomic E-state index is -0.600. The zero-order valence-electron chi connectivity index (χ0n) is 17.5. The lowest BCUT2D eigenvalue weighted by atomic mass is 10.0. The van der Waals surface area contributed by atoms with Crippen LogP contribution >= 0.6 is 11.6 Å². The highest BCUT2D eigenvalue weighted by Gasteiger charge is 2.21. The summed E-state index contributed by atoms with van der Waals surface area (Å²) >= 11 is 5.94. The molecule has 3 rings (SSSR count). The maximum absolute atomic E-state index is 11.4. The number of piperidine rings is 1. The first-order valence-electron chi connectivity index (χ1n) is 10.3. The van der Waals surface area contributed by atoms with E-state index in [4.69, 9.17) is 16.3 Å². The third kappa shape index (κ3) is 6.90. The zero-order valence-corrected chi connectivity index (χ0v) is 18.3. The SMILES string of the molecule is CC(=O)Nc1ccc(C)cc1OCC(O)CN1CCC(Nc2ccc(Cl)cc2)CC1. The second-order valence-corrected chi connectivity index (χ2v) is 8.31. The number of carbonyl (C=O) groups excluding carboxylic acids is 1. The number of benzene rings is 2. The smallest absolute Gasteiger partial charge is 0.221 e. The lowest BCUT2D eigenvalue weighted by Crippen LogP contribution is -2.43. The van der Waals surface area contributed by atoms with Crippen LogP contribution in [0.3, 0.4) is 0 Å². The first-order chi connectivity index (χ1) is 14.4. The van der Waals surface area contributed by atoms with Crippen molar-refractivity contribution in [3.8, 4) is 5.75 Å². The molecular weight excluding hydrogens is 402 g/mol. The number of aliphatic hydroxyl groups excluding tert-OH is 1. The lowest BCUT2D eigenvalue weighted by molar-refractivity contribution is -0.114. The van der Waals surface area contributed by atoms with E-state index in [0.717, 1.165) is 42.2 Å². The summed E-state index contributed by atoms with van der Waals surface area (Å²) in [5, 5.41) is 17.5. The predicted molar refractivity (Wildman–Crippen MR) is 122 cm³/mol. The van der Waals surface area contributed by atoms with Crippen LogP contribution in [0.2, 0.25) is 5.02 Å². The van der Waals surface area contributed by atoms with Crippen molar-refractivity contribution >= 4 is 28.9 Å². The quantitative estimate of drug-likeness (QED) is 0.590. The molecule has 0 saturated carbocycles. The van der Waals surface area contributed by atoms with E-state index in [1.54, 1.807) is 0 Å². The molecule has 1 fully saturated rings. The molecule has 1 aliphatic heterocycles. The molecule has 7 heteroatoms. The van der Waals surface area contributed by atoms with E-state index >= 15 is 0 Å². The number of aliphatic hydroxyl groups is 1. The highest BCUT2D eigenvalue weighted by molar-refractivity contribution is 6.30. The zero-order chi connectivity index (χ0) is 21.5. The van der Waals surface area contributed by atoms with Crippen LogP contribution in [0, 0.1) is 6.92 Å². The average Bonchev–Trinajstić information content (AvgIpc) is 2.71. The highest BCUT2D eigenvalue weighted by Crippen LogP contribution is 2.26. The van der Waals surface area contributed by atoms with Crippen LogP contribution in [0.1, 0.15) is 25.3 Å². The fraction of sp³-hybridized carbons (Fsp3) is 0.435. The van der Waals surface area contributed by atoms with Crippen molar-refractivity contribution in [1.82, 2.24) is 4.90 Å². The Morgan fingerprint density at radius 2 is 1.93 bits per heavy atom. The largest absolute Gasteiger partial charge is 0.489 e. The first kappa shape index (κ1) is 22.4. The van der Waals surface area contributed by atoms with Crippen molar-refractivity contribution in [2.75, 3.05) is 36.9 Å². The van der Waals surface area contributed by atoms with Crippen molar-refractivity contribution in [2.45, 2.75) is 38.8 Å². The van der Waals surface area contributed by atoms with Gasteiger partial charge in [-0.3, -0.25) is 4.79 Å². The van der Waals surface area contributed by atoms with E-state index < -0.39 is 6.10 Å². The maximum Gasteiger partial charge on any atom is 0.221 e. The van der Waals surface area contributed by atoms with Crippen molar-refractivity contribution < 1.29 is 14.6 Å². The summed E-state index contributed by atoms with van der Waals surface area (Å²) in [5.74, 6) is 0.425. The number of carbonyl (C=O) groups is 1. The number of nitrogens with zero attached hydrogens (tertiary/aromatic N) is 1. The highest BCUT2D eigenvalue weighted by atomic mass is 35.5. The third-order valence-corrected chi connectivity index (χ3v) is 5.40. The molecule has 1 aliphatic rings. The Kier molecular flexibility index (Phi) is 7.96. The maximum atomic E-state index is 11.4. The van der Waals surface area contributed by atoms with Crippen molar-refractivity contribution in [2.24, 2.45) is 0 Å². The molecule has 162 valence electrons. The molecule has 0 radical (unpaired) electrons. The molecule has 1 unspecified atom stereocenters. The molecule has 0 spiro atoms. The summed E-state index contributed by atoms with van der Waals surface area (Å²) in [7, 11) is 0. The van der Waals surface area contributed by atoms with Crippen LogP contribution in [0.15, 0.2) is 42.5 Å². The molecule has 0 bridgehead atoms. The van der Waals surface area contributed by atoms with Gasteiger partial charge in [0.15, 0.2) is 0 Å². The number of likely N-dealkylation sites (tertiary alicyclic amines) is 1. The third-order valence-electron chi connectivity index (χ3n) is 5.15. The molecule has 6 nitrogen and oxygen atoms in total. The molecule has 1 saturated heterocycles. The van der Waals surface area contributed by atoms with E-state index in [9.17, 15) is 9.90 Å². The van der Waals surface area contributed by atoms with Gasteiger partial charge >= 0.3 is 0 Å². The number of amides is 1. The number of hydrogen-bond acceptors (Lipinski definition) is 5. The Balaban J connectivity index is 1.43. The van der Waals surface area contributed by atoms with Gasteiger partial charge in [-0.2, -0.15) is 0 Å². The van der Waals surface area contributed by atoms with E-state index in [1.807, 2.05) is 49.4 Å². The summed E-state index contributed by atoms with van der Waals surface area (Å²) in [4.78, 5) is 13.6. The van der Waals surface area contributed by atoms with E-state index in [1.165, 1.54) is 6.92 Å². The minimum absolute atomic E-state index is 0.153. The number of halogens is 1. The van der Waals surface area contributed by atoms with Crippen LogP contribution < -0.4 is 15.4 Å². The number of nitrogens with one attached hydrogen (secondary N) is 2. The van der Waals surface area contributed by atoms with E-state index in [0.29, 0.717) is 24.0 Å². The monoisotopic (exact) mass is 431 g/mol. The summed E-state index contributed by atoms with van der Waals surface area (Å²) in [6.07, 6.45) is 1.43. The van der Waals surface area contributed by atoms with Crippen LogP contribution in [0.4, 0.5) is 11.4 Å². The molecule has 1 heterocycles. The molecule has 2 aromatic rings. The fourth-order valence-corrected chi connectivity index (χ4v) is 3.75. The van der Waals surface area contributed by atoms with Gasteiger partial charge in [0.25, 0.3) is 0 Å². The fourth-order valence-electron chi connectivity index (χ4n) is 3.62. The number of aryl methyl sites for hydroxylation is 1. The molecule has 2 aromatic carbocycles. The van der Waals surface area contributed by atoms with E-state index in [-0.39, 0.29) is 12.5 Å². The number of ether oxygens (including phenoxy) is 1. The second-order valence-electron chi connectivity index (χ2n) is 7.87. The number of rotatable bonds is 8. The first-order valence-corrected chi connectivity index (χ1v) is 10.7. The van der Waals surface area contributed by atoms with Crippen LogP contribution in [0.5, 0.6) is 5.75 Å². The van der Waals surface area contributed by atoms with Gasteiger partial charge < -0.3 is 25.4 Å². The Bertz CT molecular complexity index is 836.